The Kier molecular flexibility index (Phi) is 4.18. The minimum Gasteiger partial charge on any atom is -0.388 e. The number of aldehydes is 1. The molecule has 1 rings (SSSR count). The van der Waals surface area contributed by atoms with E-state index in [9.17, 15) is 9.90 Å². The highest BCUT2D eigenvalue weighted by Gasteiger charge is 2.34. The molecular weight excluding hydrogens is 206 g/mol. The first-order valence-corrected chi connectivity index (χ1v) is 5.16. The van der Waals surface area contributed by atoms with E-state index < -0.39 is 11.8 Å². The molecule has 0 bridgehead atoms. The molecule has 16 heavy (non-hydrogen) atoms. The number of rotatable bonds is 5. The van der Waals surface area contributed by atoms with Crippen molar-refractivity contribution in [2.24, 2.45) is 5.73 Å². The zero-order valence-corrected chi connectivity index (χ0v) is 9.51. The van der Waals surface area contributed by atoms with Crippen LogP contribution in [0.1, 0.15) is 29.3 Å². The van der Waals surface area contributed by atoms with Crippen molar-refractivity contribution >= 4 is 6.29 Å². The maximum Gasteiger partial charge on any atom is 0.168 e. The summed E-state index contributed by atoms with van der Waals surface area (Å²) in [5, 5.41) is 9.84. The lowest BCUT2D eigenvalue weighted by Crippen LogP contribution is -2.49. The third-order valence-corrected chi connectivity index (χ3v) is 2.72. The molecule has 0 spiro atoms. The number of carbonyl (C=O) groups is 1. The largest absolute Gasteiger partial charge is 0.388 e. The van der Waals surface area contributed by atoms with Crippen LogP contribution in [0.5, 0.6) is 0 Å². The van der Waals surface area contributed by atoms with Gasteiger partial charge in [-0.15, -0.1) is 0 Å². The van der Waals surface area contributed by atoms with Crippen LogP contribution in [0.3, 0.4) is 0 Å². The van der Waals surface area contributed by atoms with Crippen LogP contribution in [0, 0.1) is 0 Å². The summed E-state index contributed by atoms with van der Waals surface area (Å²) in [6, 6.07) is 6.66. The van der Waals surface area contributed by atoms with Crippen molar-refractivity contribution in [3.63, 3.8) is 0 Å². The third-order valence-electron chi connectivity index (χ3n) is 2.72. The van der Waals surface area contributed by atoms with E-state index in [1.807, 2.05) is 6.92 Å². The number of nitrogens with two attached hydrogens (primary N) is 1. The number of ether oxygens (including phenoxy) is 1. The molecule has 0 saturated carbocycles. The van der Waals surface area contributed by atoms with Gasteiger partial charge in [0.25, 0.3) is 0 Å². The van der Waals surface area contributed by atoms with Crippen molar-refractivity contribution in [3.05, 3.63) is 35.4 Å². The van der Waals surface area contributed by atoms with Gasteiger partial charge in [-0.05, 0) is 6.42 Å². The Morgan fingerprint density at radius 2 is 2.06 bits per heavy atom. The zero-order chi connectivity index (χ0) is 12.2. The van der Waals surface area contributed by atoms with E-state index in [1.54, 1.807) is 24.3 Å². The topological polar surface area (TPSA) is 72.6 Å². The van der Waals surface area contributed by atoms with Crippen LogP contribution < -0.4 is 5.73 Å². The molecule has 0 heterocycles. The number of benzene rings is 1. The molecule has 0 aliphatic rings. The standard InChI is InChI=1S/C12H17NO3/c1-3-11(15)12(13,16-2)10-6-4-9(8-14)5-7-10/h4-8,11,15H,3,13H2,1-2H3/t11-,12-/m0/s1. The fraction of sp³-hybridized carbons (Fsp3) is 0.417. The van der Waals surface area contributed by atoms with Gasteiger partial charge in [-0.25, -0.2) is 0 Å². The summed E-state index contributed by atoms with van der Waals surface area (Å²) < 4.78 is 5.19. The van der Waals surface area contributed by atoms with Gasteiger partial charge in [-0.1, -0.05) is 31.2 Å². The molecule has 4 heteroatoms. The van der Waals surface area contributed by atoms with Gasteiger partial charge in [0, 0.05) is 18.2 Å². The van der Waals surface area contributed by atoms with Crippen LogP contribution in [0.15, 0.2) is 24.3 Å². The van der Waals surface area contributed by atoms with Crippen LogP contribution >= 0.6 is 0 Å². The smallest absolute Gasteiger partial charge is 0.168 e. The van der Waals surface area contributed by atoms with Gasteiger partial charge in [-0.3, -0.25) is 10.5 Å². The molecule has 4 nitrogen and oxygen atoms in total. The predicted octanol–water partition coefficient (Wildman–Crippen LogP) is 1.03. The van der Waals surface area contributed by atoms with Crippen molar-refractivity contribution in [2.75, 3.05) is 7.11 Å². The van der Waals surface area contributed by atoms with Crippen molar-refractivity contribution in [1.29, 1.82) is 0 Å². The van der Waals surface area contributed by atoms with Crippen LogP contribution in [0.25, 0.3) is 0 Å². The van der Waals surface area contributed by atoms with Crippen LogP contribution in [0.2, 0.25) is 0 Å². The molecule has 0 radical (unpaired) electrons. The average Bonchev–Trinajstić information content (AvgIpc) is 2.36. The lowest BCUT2D eigenvalue weighted by atomic mass is 9.95. The highest BCUT2D eigenvalue weighted by atomic mass is 16.5. The number of methoxy groups -OCH3 is 1. The van der Waals surface area contributed by atoms with E-state index in [2.05, 4.69) is 0 Å². The van der Waals surface area contributed by atoms with Crippen LogP contribution in [0.4, 0.5) is 0 Å². The second kappa shape index (κ2) is 5.21. The molecule has 0 saturated heterocycles. The third kappa shape index (κ3) is 2.29. The first-order chi connectivity index (χ1) is 7.58. The molecule has 0 aromatic heterocycles. The lowest BCUT2D eigenvalue weighted by molar-refractivity contribution is -0.106. The van der Waals surface area contributed by atoms with E-state index in [0.29, 0.717) is 17.5 Å². The molecule has 0 unspecified atom stereocenters. The predicted molar refractivity (Wildman–Crippen MR) is 61.0 cm³/mol. The molecule has 0 amide bonds. The second-order valence-electron chi connectivity index (χ2n) is 3.66. The minimum atomic E-state index is -1.23. The number of carbonyl (C=O) groups excluding carboxylic acids is 1. The Bertz CT molecular complexity index is 350. The van der Waals surface area contributed by atoms with Gasteiger partial charge in [-0.2, -0.15) is 0 Å². The van der Waals surface area contributed by atoms with Gasteiger partial charge in [0.2, 0.25) is 0 Å². The summed E-state index contributed by atoms with van der Waals surface area (Å²) in [7, 11) is 1.45. The molecular formula is C12H17NO3. The van der Waals surface area contributed by atoms with E-state index in [4.69, 9.17) is 10.5 Å². The quantitative estimate of drug-likeness (QED) is 0.577. The van der Waals surface area contributed by atoms with Gasteiger partial charge in [0.1, 0.15) is 12.4 Å². The fourth-order valence-corrected chi connectivity index (χ4v) is 1.57. The van der Waals surface area contributed by atoms with Gasteiger partial charge >= 0.3 is 0 Å². The Morgan fingerprint density at radius 3 is 2.44 bits per heavy atom. The Balaban J connectivity index is 3.07. The first kappa shape index (κ1) is 12.8. The molecule has 3 N–H and O–H groups in total. The molecule has 0 fully saturated rings. The molecule has 1 aromatic rings. The average molecular weight is 223 g/mol. The molecule has 0 aliphatic heterocycles. The minimum absolute atomic E-state index is 0.486. The number of aliphatic hydroxyl groups excluding tert-OH is 1. The number of hydrogen-bond donors (Lipinski definition) is 2. The summed E-state index contributed by atoms with van der Waals surface area (Å²) in [6.07, 6.45) is 0.449. The van der Waals surface area contributed by atoms with E-state index in [0.717, 1.165) is 6.29 Å². The fourth-order valence-electron chi connectivity index (χ4n) is 1.57. The summed E-state index contributed by atoms with van der Waals surface area (Å²) in [5.74, 6) is 0. The van der Waals surface area contributed by atoms with Crippen molar-refractivity contribution in [1.82, 2.24) is 0 Å². The maximum absolute atomic E-state index is 10.5. The van der Waals surface area contributed by atoms with Gasteiger partial charge in [0.15, 0.2) is 5.72 Å². The number of hydrogen-bond acceptors (Lipinski definition) is 4. The number of aliphatic hydroxyl groups is 1. The van der Waals surface area contributed by atoms with Crippen LogP contribution in [-0.2, 0) is 10.5 Å². The van der Waals surface area contributed by atoms with Crippen molar-refractivity contribution in [2.45, 2.75) is 25.2 Å². The molecule has 0 aliphatic carbocycles. The van der Waals surface area contributed by atoms with Crippen LogP contribution in [-0.4, -0.2) is 24.6 Å². The molecule has 1 aromatic carbocycles. The van der Waals surface area contributed by atoms with Gasteiger partial charge < -0.3 is 9.84 Å². The lowest BCUT2D eigenvalue weighted by Gasteiger charge is -2.32. The Labute approximate surface area is 95.0 Å². The van der Waals surface area contributed by atoms with Crippen molar-refractivity contribution in [3.8, 4) is 0 Å². The van der Waals surface area contributed by atoms with Gasteiger partial charge in [0.05, 0.1) is 0 Å². The maximum atomic E-state index is 10.5. The Hall–Kier alpha value is -1.23. The van der Waals surface area contributed by atoms with E-state index >= 15 is 0 Å². The zero-order valence-electron chi connectivity index (χ0n) is 9.51. The Morgan fingerprint density at radius 1 is 1.50 bits per heavy atom. The molecule has 2 atom stereocenters. The van der Waals surface area contributed by atoms with E-state index in [-0.39, 0.29) is 0 Å². The van der Waals surface area contributed by atoms with Crippen molar-refractivity contribution < 1.29 is 14.6 Å². The monoisotopic (exact) mass is 223 g/mol. The first-order valence-electron chi connectivity index (χ1n) is 5.16. The highest BCUT2D eigenvalue weighted by molar-refractivity contribution is 5.74. The second-order valence-corrected chi connectivity index (χ2v) is 3.66. The highest BCUT2D eigenvalue weighted by Crippen LogP contribution is 2.25. The SMILES string of the molecule is CC[C@H](O)[C@@](N)(OC)c1ccc(C=O)cc1. The molecule has 88 valence electrons. The summed E-state index contributed by atoms with van der Waals surface area (Å²) >= 11 is 0. The summed E-state index contributed by atoms with van der Waals surface area (Å²) in [5.41, 5.74) is 5.99. The summed E-state index contributed by atoms with van der Waals surface area (Å²) in [6.45, 7) is 1.82. The summed E-state index contributed by atoms with van der Waals surface area (Å²) in [4.78, 5) is 10.5. The normalized spacial score (nSPS) is 16.5. The van der Waals surface area contributed by atoms with E-state index in [1.165, 1.54) is 7.11 Å².